The topological polar surface area (TPSA) is 0 Å². The Kier molecular flexibility index (Phi) is 14.1. The van der Waals surface area contributed by atoms with E-state index < -0.39 is 0 Å². The first kappa shape index (κ1) is 43.6. The first-order valence-electron chi connectivity index (χ1n) is 27.8. The van der Waals surface area contributed by atoms with E-state index in [2.05, 4.69) is 6.92 Å². The minimum Gasteiger partial charge on any atom is -0.0683 e. The molecule has 0 radical (unpaired) electrons. The summed E-state index contributed by atoms with van der Waals surface area (Å²) in [5, 5.41) is 0. The SMILES string of the molecule is CC.CCC1CCC12CCCCCCCCCCC1(CCCCC2)CC2(C1)CC1(C2)CC2(CC3(CC4(CC5(CCCCCCCCCCCCCCC5)C4)C3)C2)C1. The average Bonchev–Trinajstić information content (AvgIpc) is 3.11. The fourth-order valence-electron chi connectivity index (χ4n) is 19.8. The maximum absolute atomic E-state index is 2.50. The van der Waals surface area contributed by atoms with E-state index in [9.17, 15) is 0 Å². The molecule has 0 amide bonds. The van der Waals surface area contributed by atoms with E-state index in [1.807, 2.05) is 13.8 Å². The van der Waals surface area contributed by atoms with E-state index in [1.54, 1.807) is 167 Å². The van der Waals surface area contributed by atoms with Crippen molar-refractivity contribution in [2.24, 2.45) is 49.2 Å². The van der Waals surface area contributed by atoms with E-state index in [4.69, 9.17) is 0 Å². The van der Waals surface area contributed by atoms with Crippen molar-refractivity contribution in [1.82, 2.24) is 0 Å². The van der Waals surface area contributed by atoms with Gasteiger partial charge < -0.3 is 0 Å². The predicted octanol–water partition coefficient (Wildman–Crippen LogP) is 19.2. The minimum atomic E-state index is 0.767. The van der Waals surface area contributed by atoms with Crippen molar-refractivity contribution < 1.29 is 0 Å². The zero-order valence-corrected chi connectivity index (χ0v) is 39.4. The van der Waals surface area contributed by atoms with Gasteiger partial charge in [-0.3, -0.25) is 0 Å². The highest BCUT2D eigenvalue weighted by atomic mass is 14.8. The molecular formula is C57H100. The molecule has 0 N–H and O–H groups in total. The molecular weight excluding hydrogens is 685 g/mol. The fourth-order valence-corrected chi connectivity index (χ4v) is 19.8. The van der Waals surface area contributed by atoms with E-state index in [1.165, 1.54) is 122 Å². The van der Waals surface area contributed by atoms with Crippen LogP contribution in [-0.2, 0) is 0 Å². The van der Waals surface area contributed by atoms with Gasteiger partial charge in [0.15, 0.2) is 0 Å². The molecule has 57 heavy (non-hydrogen) atoms. The summed E-state index contributed by atoms with van der Waals surface area (Å²) in [6.07, 6.45) is 70.8. The maximum Gasteiger partial charge on any atom is -0.0269 e. The standard InChI is InChI=1S/C55H94.C2H6/c1-2-47-27-34-55(47)32-25-19-15-11-10-14-18-23-30-49(31-24-20-26-33-55)37-51(38-49)41-53(42-51)45-54(46-53)43-52(44-54)39-50(40-52)35-48(36-50)28-21-16-12-8-6-4-3-5-7-9-13-17-22-29-48;1-2/h47H,2-46H2,1H3;1-2H3. The summed E-state index contributed by atoms with van der Waals surface area (Å²) in [5.74, 6) is 1.07. The summed E-state index contributed by atoms with van der Waals surface area (Å²) in [6, 6.07) is 0. The van der Waals surface area contributed by atoms with Gasteiger partial charge in [0.25, 0.3) is 0 Å². The molecule has 0 saturated heterocycles. The van der Waals surface area contributed by atoms with Crippen LogP contribution in [0.15, 0.2) is 0 Å². The largest absolute Gasteiger partial charge is 0.0683 e. The van der Waals surface area contributed by atoms with Crippen molar-refractivity contribution in [2.45, 2.75) is 310 Å². The first-order valence-corrected chi connectivity index (χ1v) is 27.8. The summed E-state index contributed by atoms with van der Waals surface area (Å²) in [6.45, 7) is 6.50. The van der Waals surface area contributed by atoms with E-state index in [0.29, 0.717) is 0 Å². The Morgan fingerprint density at radius 1 is 0.263 bits per heavy atom. The first-order chi connectivity index (χ1) is 27.8. The van der Waals surface area contributed by atoms with Gasteiger partial charge in [-0.1, -0.05) is 181 Å². The van der Waals surface area contributed by atoms with Crippen molar-refractivity contribution in [3.8, 4) is 0 Å². The van der Waals surface area contributed by atoms with Crippen molar-refractivity contribution in [1.29, 1.82) is 0 Å². The fraction of sp³-hybridized carbons (Fsp3) is 1.00. The summed E-state index contributed by atoms with van der Waals surface area (Å²) < 4.78 is 0. The van der Waals surface area contributed by atoms with E-state index >= 15 is 0 Å². The third-order valence-electron chi connectivity index (χ3n) is 20.8. The second kappa shape index (κ2) is 18.4. The normalized spacial score (nSPS) is 35.9. The van der Waals surface area contributed by atoms with Crippen molar-refractivity contribution in [3.05, 3.63) is 0 Å². The zero-order chi connectivity index (χ0) is 39.4. The third-order valence-corrected chi connectivity index (χ3v) is 20.8. The highest BCUT2D eigenvalue weighted by Crippen LogP contribution is 2.87. The lowest BCUT2D eigenvalue weighted by molar-refractivity contribution is -0.309. The van der Waals surface area contributed by atoms with Crippen LogP contribution in [0.4, 0.5) is 0 Å². The smallest absolute Gasteiger partial charge is 0.0269 e. The second-order valence-corrected chi connectivity index (χ2v) is 25.6. The molecule has 0 aliphatic heterocycles. The number of hydrogen-bond donors (Lipinski definition) is 0. The lowest BCUT2D eigenvalue weighted by Gasteiger charge is -2.81. The Morgan fingerprint density at radius 2 is 0.474 bits per heavy atom. The Morgan fingerprint density at radius 3 is 0.702 bits per heavy atom. The van der Waals surface area contributed by atoms with Gasteiger partial charge in [0.2, 0.25) is 0 Å². The van der Waals surface area contributed by atoms with Gasteiger partial charge in [0.1, 0.15) is 0 Å². The monoisotopic (exact) mass is 785 g/mol. The molecule has 0 aromatic carbocycles. The molecule has 9 aliphatic carbocycles. The van der Waals surface area contributed by atoms with E-state index in [-0.39, 0.29) is 0 Å². The molecule has 2 atom stereocenters. The molecule has 9 fully saturated rings. The van der Waals surface area contributed by atoms with Gasteiger partial charge in [-0.05, 0) is 178 Å². The zero-order valence-electron chi connectivity index (χ0n) is 39.4. The Balaban J connectivity index is 0.00000224. The van der Waals surface area contributed by atoms with Gasteiger partial charge in [-0.2, -0.15) is 0 Å². The van der Waals surface area contributed by atoms with Gasteiger partial charge >= 0.3 is 0 Å². The van der Waals surface area contributed by atoms with Crippen LogP contribution in [0.1, 0.15) is 310 Å². The Bertz CT molecular complexity index is 1180. The van der Waals surface area contributed by atoms with Crippen LogP contribution in [0.2, 0.25) is 0 Å². The molecule has 9 saturated carbocycles. The predicted molar refractivity (Wildman–Crippen MR) is 248 cm³/mol. The van der Waals surface area contributed by atoms with Crippen LogP contribution in [0, 0.1) is 49.2 Å². The average molecular weight is 785 g/mol. The summed E-state index contributed by atoms with van der Waals surface area (Å²) in [7, 11) is 0. The second-order valence-electron chi connectivity index (χ2n) is 25.6. The molecule has 0 nitrogen and oxygen atoms in total. The molecule has 9 rings (SSSR count). The minimum absolute atomic E-state index is 0.767. The van der Waals surface area contributed by atoms with Crippen LogP contribution in [0.5, 0.6) is 0 Å². The molecule has 0 heteroatoms. The summed E-state index contributed by atoms with van der Waals surface area (Å²) in [4.78, 5) is 0. The highest BCUT2D eigenvalue weighted by molar-refractivity contribution is 5.27. The highest BCUT2D eigenvalue weighted by Gasteiger charge is 2.76. The molecule has 0 aromatic rings. The van der Waals surface area contributed by atoms with E-state index in [0.717, 1.165) is 49.2 Å². The Hall–Kier alpha value is 0. The van der Waals surface area contributed by atoms with Gasteiger partial charge in [0.05, 0.1) is 0 Å². The molecule has 0 heterocycles. The van der Waals surface area contributed by atoms with Crippen LogP contribution in [0.3, 0.4) is 0 Å². The van der Waals surface area contributed by atoms with Gasteiger partial charge in [-0.15, -0.1) is 0 Å². The lowest BCUT2D eigenvalue weighted by atomic mass is 9.23. The quantitative estimate of drug-likeness (QED) is 0.248. The van der Waals surface area contributed by atoms with Crippen LogP contribution >= 0.6 is 0 Å². The molecule has 0 aromatic heterocycles. The number of rotatable bonds is 1. The van der Waals surface area contributed by atoms with Gasteiger partial charge in [-0.25, -0.2) is 0 Å². The molecule has 328 valence electrons. The lowest BCUT2D eigenvalue weighted by Crippen LogP contribution is -2.71. The molecule has 8 spiro atoms. The summed E-state index contributed by atoms with van der Waals surface area (Å²) >= 11 is 0. The van der Waals surface area contributed by atoms with Crippen LogP contribution in [0.25, 0.3) is 0 Å². The molecule has 0 bridgehead atoms. The Labute approximate surface area is 357 Å². The van der Waals surface area contributed by atoms with Crippen LogP contribution < -0.4 is 0 Å². The molecule has 2 unspecified atom stereocenters. The van der Waals surface area contributed by atoms with Crippen molar-refractivity contribution in [2.75, 3.05) is 0 Å². The summed E-state index contributed by atoms with van der Waals surface area (Å²) in [5.41, 5.74) is 6.46. The third kappa shape index (κ3) is 9.52. The van der Waals surface area contributed by atoms with Crippen molar-refractivity contribution in [3.63, 3.8) is 0 Å². The van der Waals surface area contributed by atoms with Gasteiger partial charge in [0, 0.05) is 0 Å². The molecule has 9 aliphatic rings. The van der Waals surface area contributed by atoms with Crippen molar-refractivity contribution >= 4 is 0 Å². The maximum atomic E-state index is 2.50. The number of hydrogen-bond acceptors (Lipinski definition) is 0. The van der Waals surface area contributed by atoms with Crippen LogP contribution in [-0.4, -0.2) is 0 Å².